The van der Waals surface area contributed by atoms with Crippen LogP contribution in [0.2, 0.25) is 0 Å². The summed E-state index contributed by atoms with van der Waals surface area (Å²) in [7, 11) is -23.7. The molecule has 3 heterocycles. The number of anilines is 1. The lowest BCUT2D eigenvalue weighted by atomic mass is 9.70. The number of carbonyl (C=O) groups is 1. The maximum absolute atomic E-state index is 13.2. The van der Waals surface area contributed by atoms with Crippen molar-refractivity contribution in [2.75, 3.05) is 12.3 Å². The van der Waals surface area contributed by atoms with Crippen LogP contribution in [0, 0.1) is 0 Å². The van der Waals surface area contributed by atoms with Crippen molar-refractivity contribution in [2.24, 2.45) is 4.99 Å². The molecule has 1 fully saturated rings. The van der Waals surface area contributed by atoms with Crippen LogP contribution in [0.15, 0.2) is 62.0 Å². The lowest BCUT2D eigenvalue weighted by Gasteiger charge is -2.38. The van der Waals surface area contributed by atoms with E-state index in [0.29, 0.717) is 22.5 Å². The molecule has 1 saturated heterocycles. The molecule has 6 atom stereocenters. The molecule has 3 unspecified atom stereocenters. The molecule has 0 radical (unpaired) electrons. The van der Waals surface area contributed by atoms with Crippen molar-refractivity contribution in [3.05, 3.63) is 73.8 Å². The molecule has 2 aromatic rings. The fourth-order valence-electron chi connectivity index (χ4n) is 5.64. The fourth-order valence-corrected chi connectivity index (χ4v) is 10.8. The molecular weight excluding hydrogens is 811 g/mol. The highest BCUT2D eigenvalue weighted by molar-refractivity contribution is 7.69. The van der Waals surface area contributed by atoms with E-state index in [0.717, 1.165) is 4.57 Å². The Morgan fingerprint density at radius 3 is 2.25 bits per heavy atom. The van der Waals surface area contributed by atoms with Crippen LogP contribution in [0.3, 0.4) is 0 Å². The third-order valence-corrected chi connectivity index (χ3v) is 13.7. The highest BCUT2D eigenvalue weighted by Crippen LogP contribution is 2.70. The Morgan fingerprint density at radius 2 is 1.63 bits per heavy atom. The number of aliphatic imine (C=N–C) groups is 1. The standard InChI is InChI=1S/C24H26Cl2N4O17P4/c1-23(2)12-7-11(3-4-14(12)28-15-8-13(25)21(32)20(26)19(15)23)24(30-6-5-18(27)29-22(30)33)9-16(31)17(44-24)10-43-49(37,38)46-51(41,42)47-50(39,40)45-48(34,35)36/h3-8,16-17,31H,9-10H2,1-2H3,(H,37,38)(H,39,40)(H,41,42)(H2,27,29,33)(H2,34,35,36)/t16-,17+,24-/m0/s1. The Morgan fingerprint density at radius 1 is 1.00 bits per heavy atom. The number of hydrogen-bond acceptors (Lipinski definition) is 15. The summed E-state index contributed by atoms with van der Waals surface area (Å²) in [6.45, 7) is 2.40. The number of nitrogens with two attached hydrogens (primary N) is 1. The predicted octanol–water partition coefficient (Wildman–Crippen LogP) is 2.70. The minimum atomic E-state index is -6.12. The molecule has 1 aromatic carbocycles. The van der Waals surface area contributed by atoms with Crippen LogP contribution in [0.4, 0.5) is 11.5 Å². The van der Waals surface area contributed by atoms with Crippen LogP contribution in [-0.4, -0.2) is 69.4 Å². The van der Waals surface area contributed by atoms with Crippen LogP contribution >= 0.6 is 54.5 Å². The number of rotatable bonds is 11. The summed E-state index contributed by atoms with van der Waals surface area (Å²) in [4.78, 5) is 80.5. The average molecular weight is 837 g/mol. The van der Waals surface area contributed by atoms with Crippen molar-refractivity contribution in [1.82, 2.24) is 9.55 Å². The van der Waals surface area contributed by atoms with E-state index >= 15 is 0 Å². The topological polar surface area (TPSA) is 326 Å². The number of nitrogen functional groups attached to an aromatic ring is 1. The Balaban J connectivity index is 1.48. The number of ketones is 1. The Kier molecular flexibility index (Phi) is 10.6. The summed E-state index contributed by atoms with van der Waals surface area (Å²) >= 11 is 12.5. The highest BCUT2D eigenvalue weighted by atomic mass is 35.5. The summed E-state index contributed by atoms with van der Waals surface area (Å²) < 4.78 is 69.7. The van der Waals surface area contributed by atoms with Gasteiger partial charge in [-0.3, -0.25) is 13.9 Å². The molecule has 21 nitrogen and oxygen atoms in total. The number of benzene rings is 1. The first kappa shape index (κ1) is 40.0. The third kappa shape index (κ3) is 8.31. The van der Waals surface area contributed by atoms with Gasteiger partial charge in [0.1, 0.15) is 11.9 Å². The number of aromatic nitrogens is 2. The van der Waals surface area contributed by atoms with E-state index in [9.17, 15) is 47.6 Å². The van der Waals surface area contributed by atoms with Crippen molar-refractivity contribution in [3.63, 3.8) is 0 Å². The molecule has 8 N–H and O–H groups in total. The van der Waals surface area contributed by atoms with Crippen molar-refractivity contribution < 1.29 is 74.8 Å². The summed E-state index contributed by atoms with van der Waals surface area (Å²) in [5.74, 6) is -0.781. The summed E-state index contributed by atoms with van der Waals surface area (Å²) in [5, 5.41) is 10.8. The number of nitrogens with zero attached hydrogens (tertiary/aromatic N) is 3. The maximum Gasteiger partial charge on any atom is 0.490 e. The molecule has 0 spiro atoms. The number of fused-ring (bicyclic) bond motifs is 2. The lowest BCUT2D eigenvalue weighted by Crippen LogP contribution is -2.44. The van der Waals surface area contributed by atoms with Gasteiger partial charge in [0, 0.05) is 29.2 Å². The summed E-state index contributed by atoms with van der Waals surface area (Å²) in [5.41, 5.74) is 3.57. The maximum atomic E-state index is 13.2. The third-order valence-electron chi connectivity index (χ3n) is 7.64. The van der Waals surface area contributed by atoms with E-state index in [-0.39, 0.29) is 21.4 Å². The van der Waals surface area contributed by atoms with Gasteiger partial charge in [0.15, 0.2) is 5.72 Å². The molecule has 278 valence electrons. The van der Waals surface area contributed by atoms with Gasteiger partial charge in [-0.2, -0.15) is 17.9 Å². The second-order valence-corrected chi connectivity index (χ2v) is 18.3. The Hall–Kier alpha value is -2.22. The minimum absolute atomic E-state index is 0.136. The molecule has 1 aliphatic carbocycles. The smallest absolute Gasteiger partial charge is 0.390 e. The van der Waals surface area contributed by atoms with Gasteiger partial charge < -0.3 is 40.0 Å². The monoisotopic (exact) mass is 836 g/mol. The van der Waals surface area contributed by atoms with Crippen LogP contribution < -0.4 is 11.4 Å². The van der Waals surface area contributed by atoms with Crippen LogP contribution in [0.1, 0.15) is 31.4 Å². The van der Waals surface area contributed by atoms with Gasteiger partial charge in [-0.25, -0.2) is 28.0 Å². The van der Waals surface area contributed by atoms with Gasteiger partial charge in [0.2, 0.25) is 5.78 Å². The molecule has 0 saturated carbocycles. The van der Waals surface area contributed by atoms with Gasteiger partial charge in [-0.05, 0) is 29.8 Å². The first-order valence-corrected chi connectivity index (χ1v) is 20.6. The highest BCUT2D eigenvalue weighted by Gasteiger charge is 2.52. The van der Waals surface area contributed by atoms with Gasteiger partial charge >= 0.3 is 37.0 Å². The van der Waals surface area contributed by atoms with Crippen molar-refractivity contribution in [2.45, 2.75) is 43.6 Å². The number of halogens is 2. The number of aliphatic hydroxyl groups is 1. The van der Waals surface area contributed by atoms with E-state index < -0.39 is 79.1 Å². The number of phosphoric acid groups is 4. The SMILES string of the molecule is CC1(C)C2=C(Cl)C(=O)C(Cl)=CC2=Nc2ccc([C@]3(n4ccc(N)nc4=O)C[C@H](O)[C@@H](COP(=O)(O)OP(=O)(O)OP(=O)(O)OP(=O)(O)O)O3)cc21. The predicted molar refractivity (Wildman–Crippen MR) is 175 cm³/mol. The van der Waals surface area contributed by atoms with Gasteiger partial charge in [0.25, 0.3) is 0 Å². The first-order valence-electron chi connectivity index (χ1n) is 13.9. The molecule has 1 aromatic heterocycles. The number of carbonyl (C=O) groups excluding carboxylic acids is 1. The van der Waals surface area contributed by atoms with E-state index in [2.05, 4.69) is 27.4 Å². The second-order valence-electron chi connectivity index (χ2n) is 11.5. The van der Waals surface area contributed by atoms with Crippen LogP contribution in [0.25, 0.3) is 0 Å². The van der Waals surface area contributed by atoms with Crippen LogP contribution in [-0.2, 0) is 56.4 Å². The largest absolute Gasteiger partial charge is 0.490 e. The lowest BCUT2D eigenvalue weighted by molar-refractivity contribution is -0.111. The zero-order valence-corrected chi connectivity index (χ0v) is 30.8. The molecule has 3 aliphatic rings. The van der Waals surface area contributed by atoms with Crippen molar-refractivity contribution >= 4 is 77.5 Å². The summed E-state index contributed by atoms with van der Waals surface area (Å²) in [6.07, 6.45) is -1.09. The number of Topliss-reactive ketones (excluding diaryl/α,β-unsaturated/α-hetero) is 1. The average Bonchev–Trinajstić information content (AvgIpc) is 3.28. The Labute approximate surface area is 296 Å². The Bertz CT molecular complexity index is 2180. The molecule has 2 aliphatic heterocycles. The molecule has 0 bridgehead atoms. The number of aliphatic hydroxyl groups excluding tert-OH is 1. The van der Waals surface area contributed by atoms with E-state index in [4.69, 9.17) is 43.5 Å². The minimum Gasteiger partial charge on any atom is -0.390 e. The molecule has 5 rings (SSSR count). The summed E-state index contributed by atoms with van der Waals surface area (Å²) in [6, 6.07) is 5.88. The van der Waals surface area contributed by atoms with E-state index in [1.54, 1.807) is 26.0 Å². The van der Waals surface area contributed by atoms with Gasteiger partial charge in [-0.1, -0.05) is 43.1 Å². The molecule has 51 heavy (non-hydrogen) atoms. The van der Waals surface area contributed by atoms with Crippen molar-refractivity contribution in [1.29, 1.82) is 0 Å². The zero-order chi connectivity index (χ0) is 38.1. The molecule has 27 heteroatoms. The van der Waals surface area contributed by atoms with Gasteiger partial charge in [-0.15, -0.1) is 0 Å². The second kappa shape index (κ2) is 13.6. The number of allylic oxidation sites excluding steroid dienone is 4. The number of hydrogen-bond donors (Lipinski definition) is 7. The zero-order valence-electron chi connectivity index (χ0n) is 25.7. The fraction of sp³-hybridized carbons (Fsp3) is 0.333. The number of ether oxygens (including phenoxy) is 1. The van der Waals surface area contributed by atoms with Crippen LogP contribution in [0.5, 0.6) is 0 Å². The number of phosphoric ester groups is 1. The normalized spacial score (nSPS) is 26.7. The van der Waals surface area contributed by atoms with Gasteiger partial charge in [0.05, 0.1) is 34.2 Å². The quantitative estimate of drug-likeness (QED) is 0.126. The molecule has 0 amide bonds. The van der Waals surface area contributed by atoms with Crippen molar-refractivity contribution in [3.8, 4) is 0 Å². The first-order chi connectivity index (χ1) is 23.3. The molecular formula is C24H26Cl2N4O17P4. The van der Waals surface area contributed by atoms with E-state index in [1.165, 1.54) is 24.4 Å². The van der Waals surface area contributed by atoms with E-state index in [1.807, 2.05) is 0 Å².